The molecule has 0 aliphatic carbocycles. The Bertz CT molecular complexity index is 840. The molecule has 1 aliphatic rings. The molecule has 0 bridgehead atoms. The van der Waals surface area contributed by atoms with E-state index in [2.05, 4.69) is 25.5 Å². The minimum atomic E-state index is -2.94. The minimum absolute atomic E-state index is 0.104. The van der Waals surface area contributed by atoms with E-state index in [4.69, 9.17) is 0 Å². The standard InChI is InChI=1S/C18H25N5O2S/c1-23(2)10-9-19-18-21-16(14-6-4-3-5-7-14)12-17(22-18)20-15-8-11-26(24,25)13-15/h3-7,12,15H,8-11,13H2,1-2H3,(H2,19,20,21,22). The average Bonchev–Trinajstić information content (AvgIpc) is 2.93. The quantitative estimate of drug-likeness (QED) is 0.762. The Morgan fingerprint density at radius 2 is 1.96 bits per heavy atom. The fourth-order valence-electron chi connectivity index (χ4n) is 2.87. The highest BCUT2D eigenvalue weighted by Gasteiger charge is 2.28. The van der Waals surface area contributed by atoms with Crippen LogP contribution in [0, 0.1) is 0 Å². The van der Waals surface area contributed by atoms with E-state index >= 15 is 0 Å². The van der Waals surface area contributed by atoms with Gasteiger partial charge in [-0.15, -0.1) is 0 Å². The van der Waals surface area contributed by atoms with Crippen molar-refractivity contribution in [3.8, 4) is 11.3 Å². The molecule has 0 radical (unpaired) electrons. The molecule has 1 atom stereocenters. The van der Waals surface area contributed by atoms with Gasteiger partial charge in [-0.25, -0.2) is 13.4 Å². The summed E-state index contributed by atoms with van der Waals surface area (Å²) in [4.78, 5) is 11.2. The van der Waals surface area contributed by atoms with Gasteiger partial charge in [0.25, 0.3) is 0 Å². The van der Waals surface area contributed by atoms with Gasteiger partial charge in [0.2, 0.25) is 5.95 Å². The Labute approximate surface area is 154 Å². The van der Waals surface area contributed by atoms with Gasteiger partial charge in [-0.05, 0) is 20.5 Å². The molecule has 2 heterocycles. The number of likely N-dealkylation sites (N-methyl/N-ethyl adjacent to an activating group) is 1. The number of hydrogen-bond donors (Lipinski definition) is 2. The second kappa shape index (κ2) is 8.01. The number of hydrogen-bond acceptors (Lipinski definition) is 7. The van der Waals surface area contributed by atoms with Gasteiger partial charge in [-0.3, -0.25) is 0 Å². The third-order valence-electron chi connectivity index (χ3n) is 4.22. The largest absolute Gasteiger partial charge is 0.366 e. The fraction of sp³-hybridized carbons (Fsp3) is 0.444. The molecule has 1 aromatic heterocycles. The molecule has 1 aliphatic heterocycles. The van der Waals surface area contributed by atoms with E-state index in [9.17, 15) is 8.42 Å². The highest BCUT2D eigenvalue weighted by Crippen LogP contribution is 2.23. The molecule has 1 fully saturated rings. The zero-order chi connectivity index (χ0) is 18.6. The van der Waals surface area contributed by atoms with E-state index in [1.165, 1.54) is 0 Å². The maximum atomic E-state index is 11.7. The number of sulfone groups is 1. The van der Waals surface area contributed by atoms with Crippen molar-refractivity contribution in [2.24, 2.45) is 0 Å². The van der Waals surface area contributed by atoms with Crippen molar-refractivity contribution in [3.05, 3.63) is 36.4 Å². The molecule has 1 unspecified atom stereocenters. The zero-order valence-corrected chi connectivity index (χ0v) is 16.0. The van der Waals surface area contributed by atoms with Gasteiger partial charge in [0.05, 0.1) is 17.2 Å². The molecule has 26 heavy (non-hydrogen) atoms. The van der Waals surface area contributed by atoms with Gasteiger partial charge in [0.15, 0.2) is 9.84 Å². The lowest BCUT2D eigenvalue weighted by atomic mass is 10.1. The molecule has 1 aromatic carbocycles. The zero-order valence-electron chi connectivity index (χ0n) is 15.1. The molecule has 2 N–H and O–H groups in total. The van der Waals surface area contributed by atoms with Crippen LogP contribution in [0.3, 0.4) is 0 Å². The van der Waals surface area contributed by atoms with Crippen LogP contribution in [0.15, 0.2) is 36.4 Å². The van der Waals surface area contributed by atoms with Crippen LogP contribution < -0.4 is 10.6 Å². The summed E-state index contributed by atoms with van der Waals surface area (Å²) in [6.07, 6.45) is 0.608. The predicted octanol–water partition coefficient (Wildman–Crippen LogP) is 1.72. The van der Waals surface area contributed by atoms with Crippen LogP contribution in [-0.4, -0.2) is 68.0 Å². The number of nitrogens with zero attached hydrogens (tertiary/aromatic N) is 3. The van der Waals surface area contributed by atoms with Gasteiger partial charge in [0.1, 0.15) is 5.82 Å². The molecular weight excluding hydrogens is 350 g/mol. The molecule has 3 rings (SSSR count). The summed E-state index contributed by atoms with van der Waals surface area (Å²) in [6.45, 7) is 1.59. The fourth-order valence-corrected chi connectivity index (χ4v) is 4.54. The van der Waals surface area contributed by atoms with E-state index < -0.39 is 9.84 Å². The lowest BCUT2D eigenvalue weighted by Gasteiger charge is -2.15. The number of rotatable bonds is 7. The van der Waals surface area contributed by atoms with E-state index in [1.54, 1.807) is 0 Å². The van der Waals surface area contributed by atoms with Gasteiger partial charge in [0, 0.05) is 30.8 Å². The number of benzene rings is 1. The van der Waals surface area contributed by atoms with Crippen LogP contribution in [0.5, 0.6) is 0 Å². The van der Waals surface area contributed by atoms with E-state index in [-0.39, 0.29) is 17.5 Å². The Kier molecular flexibility index (Phi) is 5.73. The first-order valence-corrected chi connectivity index (χ1v) is 10.5. The minimum Gasteiger partial charge on any atom is -0.366 e. The summed E-state index contributed by atoms with van der Waals surface area (Å²) in [5.41, 5.74) is 1.80. The molecule has 0 amide bonds. The molecule has 8 heteroatoms. The van der Waals surface area contributed by atoms with Crippen molar-refractivity contribution in [1.29, 1.82) is 0 Å². The molecule has 2 aromatic rings. The summed E-state index contributed by atoms with van der Waals surface area (Å²) in [6, 6.07) is 11.7. The Hall–Kier alpha value is -2.19. The molecule has 0 saturated carbocycles. The molecular formula is C18H25N5O2S. The van der Waals surface area contributed by atoms with E-state index in [1.807, 2.05) is 50.5 Å². The van der Waals surface area contributed by atoms with Crippen LogP contribution in [0.25, 0.3) is 11.3 Å². The summed E-state index contributed by atoms with van der Waals surface area (Å²) in [5, 5.41) is 6.51. The van der Waals surface area contributed by atoms with Crippen LogP contribution in [-0.2, 0) is 9.84 Å². The second-order valence-corrected chi connectivity index (χ2v) is 9.03. The predicted molar refractivity (Wildman–Crippen MR) is 105 cm³/mol. The van der Waals surface area contributed by atoms with Crippen molar-refractivity contribution in [3.63, 3.8) is 0 Å². The number of anilines is 2. The van der Waals surface area contributed by atoms with Gasteiger partial charge < -0.3 is 15.5 Å². The maximum absolute atomic E-state index is 11.7. The van der Waals surface area contributed by atoms with Crippen LogP contribution in [0.4, 0.5) is 11.8 Å². The average molecular weight is 375 g/mol. The van der Waals surface area contributed by atoms with Crippen molar-refractivity contribution in [2.75, 3.05) is 49.3 Å². The molecule has 1 saturated heterocycles. The van der Waals surface area contributed by atoms with Crippen molar-refractivity contribution < 1.29 is 8.42 Å². The monoisotopic (exact) mass is 375 g/mol. The lowest BCUT2D eigenvalue weighted by molar-refractivity contribution is 0.425. The van der Waals surface area contributed by atoms with E-state index in [0.717, 1.165) is 24.3 Å². The van der Waals surface area contributed by atoms with E-state index in [0.29, 0.717) is 18.2 Å². The molecule has 140 valence electrons. The first-order chi connectivity index (χ1) is 12.4. The van der Waals surface area contributed by atoms with Gasteiger partial charge >= 0.3 is 0 Å². The summed E-state index contributed by atoms with van der Waals surface area (Å²) in [7, 11) is 1.08. The summed E-state index contributed by atoms with van der Waals surface area (Å²) >= 11 is 0. The Morgan fingerprint density at radius 3 is 2.62 bits per heavy atom. The third-order valence-corrected chi connectivity index (χ3v) is 5.99. The summed E-state index contributed by atoms with van der Waals surface area (Å²) in [5.74, 6) is 1.57. The first-order valence-electron chi connectivity index (χ1n) is 8.71. The summed E-state index contributed by atoms with van der Waals surface area (Å²) < 4.78 is 23.4. The lowest BCUT2D eigenvalue weighted by Crippen LogP contribution is -2.23. The van der Waals surface area contributed by atoms with Crippen molar-refractivity contribution in [2.45, 2.75) is 12.5 Å². The molecule has 7 nitrogen and oxygen atoms in total. The SMILES string of the molecule is CN(C)CCNc1nc(NC2CCS(=O)(=O)C2)cc(-c2ccccc2)n1. The second-order valence-electron chi connectivity index (χ2n) is 6.80. The normalized spacial score (nSPS) is 18.8. The maximum Gasteiger partial charge on any atom is 0.225 e. The Morgan fingerprint density at radius 1 is 1.19 bits per heavy atom. The highest BCUT2D eigenvalue weighted by atomic mass is 32.2. The van der Waals surface area contributed by atoms with Gasteiger partial charge in [-0.2, -0.15) is 4.98 Å². The van der Waals surface area contributed by atoms with Crippen LogP contribution in [0.2, 0.25) is 0 Å². The highest BCUT2D eigenvalue weighted by molar-refractivity contribution is 7.91. The number of aromatic nitrogens is 2. The molecule has 0 spiro atoms. The van der Waals surface area contributed by atoms with Crippen molar-refractivity contribution >= 4 is 21.6 Å². The van der Waals surface area contributed by atoms with Gasteiger partial charge in [-0.1, -0.05) is 30.3 Å². The Balaban J connectivity index is 1.82. The topological polar surface area (TPSA) is 87.2 Å². The smallest absolute Gasteiger partial charge is 0.225 e. The van der Waals surface area contributed by atoms with Crippen LogP contribution in [0.1, 0.15) is 6.42 Å². The van der Waals surface area contributed by atoms with Crippen molar-refractivity contribution in [1.82, 2.24) is 14.9 Å². The van der Waals surface area contributed by atoms with Crippen LogP contribution >= 0.6 is 0 Å². The first kappa shape index (κ1) is 18.6. The third kappa shape index (κ3) is 5.15. The number of nitrogens with one attached hydrogen (secondary N) is 2.